The summed E-state index contributed by atoms with van der Waals surface area (Å²) in [4.78, 5) is 41.0. The number of aromatic nitrogens is 2. The molecule has 1 aromatic carbocycles. The summed E-state index contributed by atoms with van der Waals surface area (Å²) in [5.41, 5.74) is 5.34. The largest absolute Gasteiger partial charge is 0.383 e. The van der Waals surface area contributed by atoms with Gasteiger partial charge in [0, 0.05) is 23.7 Å². The zero-order chi connectivity index (χ0) is 22.3. The number of H-pyrrole nitrogens is 1. The van der Waals surface area contributed by atoms with E-state index in [9.17, 15) is 23.2 Å². The Morgan fingerprint density at radius 2 is 1.93 bits per heavy atom. The first-order valence-electron chi connectivity index (χ1n) is 9.49. The van der Waals surface area contributed by atoms with Crippen molar-refractivity contribution in [1.82, 2.24) is 9.55 Å². The quantitative estimate of drug-likeness (QED) is 0.489. The van der Waals surface area contributed by atoms with Gasteiger partial charge in [-0.2, -0.15) is 8.78 Å². The summed E-state index contributed by atoms with van der Waals surface area (Å²) in [7, 11) is 0. The molecule has 0 fully saturated rings. The number of benzene rings is 1. The van der Waals surface area contributed by atoms with E-state index in [0.717, 1.165) is 6.42 Å². The Bertz CT molecular complexity index is 976. The highest BCUT2D eigenvalue weighted by atomic mass is 32.2. The number of aromatic amines is 1. The summed E-state index contributed by atoms with van der Waals surface area (Å²) in [5.74, 6) is -2.93. The number of hydrogen-bond acceptors (Lipinski definition) is 6. The van der Waals surface area contributed by atoms with Crippen molar-refractivity contribution in [3.05, 3.63) is 45.1 Å². The molecule has 0 unspecified atom stereocenters. The summed E-state index contributed by atoms with van der Waals surface area (Å²) in [6, 6.07) is 6.00. The van der Waals surface area contributed by atoms with E-state index in [1.807, 2.05) is 6.92 Å². The van der Waals surface area contributed by atoms with Gasteiger partial charge in [-0.05, 0) is 37.6 Å². The fourth-order valence-electron chi connectivity index (χ4n) is 2.86. The van der Waals surface area contributed by atoms with Crippen molar-refractivity contribution in [2.24, 2.45) is 0 Å². The van der Waals surface area contributed by atoms with Crippen LogP contribution in [-0.2, 0) is 11.3 Å². The Morgan fingerprint density at radius 3 is 2.50 bits per heavy atom. The van der Waals surface area contributed by atoms with E-state index >= 15 is 0 Å². The van der Waals surface area contributed by atoms with E-state index in [2.05, 4.69) is 10.3 Å². The molecular weight excluding hydrogens is 416 g/mol. The number of carbonyl (C=O) groups excluding carboxylic acids is 1. The third-order valence-corrected chi connectivity index (χ3v) is 5.07. The molecule has 2 aromatic rings. The maximum atomic E-state index is 12.5. The first kappa shape index (κ1) is 23.5. The molecule has 1 aromatic heterocycles. The monoisotopic (exact) mass is 441 g/mol. The normalized spacial score (nSPS) is 11.0. The molecule has 0 spiro atoms. The second kappa shape index (κ2) is 10.8. The van der Waals surface area contributed by atoms with E-state index in [-0.39, 0.29) is 18.1 Å². The van der Waals surface area contributed by atoms with Crippen LogP contribution in [0.1, 0.15) is 26.7 Å². The zero-order valence-electron chi connectivity index (χ0n) is 16.8. The van der Waals surface area contributed by atoms with Crippen LogP contribution in [0.25, 0.3) is 0 Å². The number of hydrogen-bond donors (Lipinski definition) is 3. The molecule has 0 saturated heterocycles. The predicted octanol–water partition coefficient (Wildman–Crippen LogP) is 2.70. The lowest BCUT2D eigenvalue weighted by Gasteiger charge is -2.24. The lowest BCUT2D eigenvalue weighted by molar-refractivity contribution is -0.115. The van der Waals surface area contributed by atoms with Crippen LogP contribution in [0.5, 0.6) is 0 Å². The number of carbonyl (C=O) groups is 1. The average Bonchev–Trinajstić information content (AvgIpc) is 2.68. The number of unbranched alkanes of at least 4 members (excludes halogenated alkanes) is 1. The van der Waals surface area contributed by atoms with Crippen molar-refractivity contribution < 1.29 is 13.6 Å². The fraction of sp³-hybridized carbons (Fsp3) is 0.421. The molecule has 8 nitrogen and oxygen atoms in total. The van der Waals surface area contributed by atoms with Crippen LogP contribution in [0.2, 0.25) is 0 Å². The minimum Gasteiger partial charge on any atom is -0.383 e. The second-order valence-corrected chi connectivity index (χ2v) is 7.53. The van der Waals surface area contributed by atoms with E-state index in [0.29, 0.717) is 41.9 Å². The van der Waals surface area contributed by atoms with Crippen LogP contribution in [0.3, 0.4) is 0 Å². The summed E-state index contributed by atoms with van der Waals surface area (Å²) in [6.45, 7) is 4.21. The van der Waals surface area contributed by atoms with Gasteiger partial charge in [-0.1, -0.05) is 25.1 Å². The topological polar surface area (TPSA) is 113 Å². The molecule has 1 heterocycles. The molecule has 1 amide bonds. The summed E-state index contributed by atoms with van der Waals surface area (Å²) in [5, 5.41) is 2.66. The number of likely N-dealkylation sites (N-methyl/N-ethyl adjacent to an activating group) is 1. The van der Waals surface area contributed by atoms with E-state index in [1.54, 1.807) is 6.92 Å². The third kappa shape index (κ3) is 6.09. The van der Waals surface area contributed by atoms with E-state index in [4.69, 9.17) is 5.73 Å². The maximum Gasteiger partial charge on any atom is 0.330 e. The van der Waals surface area contributed by atoms with Crippen LogP contribution in [0, 0.1) is 0 Å². The number of thioether (sulfide) groups is 1. The van der Waals surface area contributed by atoms with Crippen molar-refractivity contribution in [1.29, 1.82) is 0 Å². The van der Waals surface area contributed by atoms with Crippen molar-refractivity contribution in [2.75, 3.05) is 29.0 Å². The number of alkyl halides is 2. The molecule has 2 rings (SSSR count). The molecule has 0 saturated carbocycles. The van der Waals surface area contributed by atoms with Gasteiger partial charge in [0.05, 0.1) is 6.54 Å². The highest BCUT2D eigenvalue weighted by Gasteiger charge is 2.20. The Kier molecular flexibility index (Phi) is 8.46. The molecular formula is C19H25F2N5O3S. The minimum absolute atomic E-state index is 0.0141. The van der Waals surface area contributed by atoms with Crippen LogP contribution in [0.4, 0.5) is 26.0 Å². The highest BCUT2D eigenvalue weighted by Crippen LogP contribution is 2.26. The summed E-state index contributed by atoms with van der Waals surface area (Å²) < 4.78 is 26.1. The highest BCUT2D eigenvalue weighted by molar-refractivity contribution is 7.99. The first-order chi connectivity index (χ1) is 14.3. The Morgan fingerprint density at radius 1 is 1.27 bits per heavy atom. The van der Waals surface area contributed by atoms with Gasteiger partial charge in [0.2, 0.25) is 5.91 Å². The molecule has 0 bridgehead atoms. The molecule has 0 aliphatic heterocycles. The van der Waals surface area contributed by atoms with Crippen molar-refractivity contribution in [3.8, 4) is 0 Å². The summed E-state index contributed by atoms with van der Waals surface area (Å²) >= 11 is 0.415. The van der Waals surface area contributed by atoms with Gasteiger partial charge in [-0.25, -0.2) is 4.79 Å². The van der Waals surface area contributed by atoms with E-state index < -0.39 is 22.9 Å². The van der Waals surface area contributed by atoms with Gasteiger partial charge in [0.1, 0.15) is 11.5 Å². The number of nitrogens with one attached hydrogen (secondary N) is 2. The van der Waals surface area contributed by atoms with Crippen LogP contribution in [0.15, 0.2) is 38.8 Å². The molecule has 30 heavy (non-hydrogen) atoms. The van der Waals surface area contributed by atoms with Gasteiger partial charge in [-0.15, -0.1) is 0 Å². The number of anilines is 3. The SMILES string of the molecule is CCCCn1c(N)c(N(CC)CC(=O)Nc2ccc(SC(F)F)cc2)c(=O)[nH]c1=O. The molecule has 164 valence electrons. The second-order valence-electron chi connectivity index (χ2n) is 6.46. The zero-order valence-corrected chi connectivity index (χ0v) is 17.6. The molecule has 0 radical (unpaired) electrons. The smallest absolute Gasteiger partial charge is 0.330 e. The average molecular weight is 442 g/mol. The number of nitrogens with zero attached hydrogens (tertiary/aromatic N) is 2. The van der Waals surface area contributed by atoms with Crippen LogP contribution >= 0.6 is 11.8 Å². The number of amides is 1. The van der Waals surface area contributed by atoms with Crippen LogP contribution in [-0.4, -0.2) is 34.3 Å². The standard InChI is InChI=1S/C19H25F2N5O3S/c1-3-5-10-26-16(22)15(17(28)24-19(26)29)25(4-2)11-14(27)23-12-6-8-13(9-7-12)30-18(20)21/h6-9,18H,3-5,10-11,22H2,1-2H3,(H,23,27)(H,24,28,29). The minimum atomic E-state index is -2.52. The lowest BCUT2D eigenvalue weighted by Crippen LogP contribution is -2.41. The molecule has 0 atom stereocenters. The van der Waals surface area contributed by atoms with Gasteiger partial charge >= 0.3 is 5.69 Å². The molecule has 0 aliphatic carbocycles. The Balaban J connectivity index is 2.17. The van der Waals surface area contributed by atoms with Crippen molar-refractivity contribution >= 4 is 34.9 Å². The van der Waals surface area contributed by atoms with E-state index in [1.165, 1.54) is 33.7 Å². The predicted molar refractivity (Wildman–Crippen MR) is 115 cm³/mol. The maximum absolute atomic E-state index is 12.5. The van der Waals surface area contributed by atoms with Crippen LogP contribution < -0.4 is 27.2 Å². The summed E-state index contributed by atoms with van der Waals surface area (Å²) in [6.07, 6.45) is 1.55. The third-order valence-electron chi connectivity index (χ3n) is 4.35. The van der Waals surface area contributed by atoms with Gasteiger partial charge in [0.15, 0.2) is 0 Å². The van der Waals surface area contributed by atoms with Gasteiger partial charge < -0.3 is 16.0 Å². The number of nitrogens with two attached hydrogens (primary N) is 1. The van der Waals surface area contributed by atoms with Gasteiger partial charge in [0.25, 0.3) is 11.3 Å². The number of nitrogen functional groups attached to an aromatic ring is 1. The van der Waals surface area contributed by atoms with Crippen molar-refractivity contribution in [3.63, 3.8) is 0 Å². The number of rotatable bonds is 10. The lowest BCUT2D eigenvalue weighted by atomic mass is 10.3. The number of halogens is 2. The Hall–Kier alpha value is -2.82. The van der Waals surface area contributed by atoms with Crippen molar-refractivity contribution in [2.45, 2.75) is 43.9 Å². The molecule has 11 heteroatoms. The fourth-order valence-corrected chi connectivity index (χ4v) is 3.36. The molecule has 4 N–H and O–H groups in total. The first-order valence-corrected chi connectivity index (χ1v) is 10.4. The molecule has 0 aliphatic rings. The van der Waals surface area contributed by atoms with Gasteiger partial charge in [-0.3, -0.25) is 19.1 Å². The Labute approximate surface area is 176 Å².